The lowest BCUT2D eigenvalue weighted by Crippen LogP contribution is -2.58. The van der Waals surface area contributed by atoms with Gasteiger partial charge in [0.25, 0.3) is 0 Å². The number of nitrogens with zero attached hydrogens (tertiary/aromatic N) is 3. The molecule has 4 atom stereocenters. The predicted octanol–water partition coefficient (Wildman–Crippen LogP) is -3.82. The third-order valence-electron chi connectivity index (χ3n) is 6.99. The molecule has 0 bridgehead atoms. The topological polar surface area (TPSA) is 326 Å². The molecule has 0 radical (unpaired) electrons. The smallest absolute Gasteiger partial charge is 0.245 e. The molecule has 256 valence electrons. The van der Waals surface area contributed by atoms with Gasteiger partial charge >= 0.3 is 0 Å². The van der Waals surface area contributed by atoms with Crippen LogP contribution in [0.25, 0.3) is 0 Å². The molecule has 0 aromatic heterocycles. The van der Waals surface area contributed by atoms with Gasteiger partial charge in [-0.2, -0.15) is 0 Å². The summed E-state index contributed by atoms with van der Waals surface area (Å²) in [5, 5.41) is 17.7. The second kappa shape index (κ2) is 20.0. The van der Waals surface area contributed by atoms with Crippen molar-refractivity contribution in [2.75, 3.05) is 27.2 Å². The first kappa shape index (κ1) is 38.9. The standard InChI is InChI=1S/C28H48N12O6/c1-35-18(5-3-13-36-27(31)32)24(44)38-19(11-12-22(29)42)26(46)40(2)21(6-4-14-37-28(33)34)25(45)39-20(23(30)43)15-16-7-9-17(41)10-8-16/h7-10,18-21,35,41H,3-6,11-15H2,1-2H3,(H2,29,42)(H2,30,43)(H,38,44)(H,39,45)(H4,31,32,36)(H4,33,34,37)/t18-,19?,20?,21-/m0/s1. The quantitative estimate of drug-likeness (QED) is 0.0350. The third kappa shape index (κ3) is 14.6. The van der Waals surface area contributed by atoms with Crippen molar-refractivity contribution in [3.05, 3.63) is 29.8 Å². The second-order valence-corrected chi connectivity index (χ2v) is 10.6. The summed E-state index contributed by atoms with van der Waals surface area (Å²) in [6, 6.07) is 1.75. The molecule has 2 unspecified atom stereocenters. The van der Waals surface area contributed by atoms with Crippen molar-refractivity contribution in [1.29, 1.82) is 0 Å². The van der Waals surface area contributed by atoms with Crippen LogP contribution in [-0.2, 0) is 30.4 Å². The second-order valence-electron chi connectivity index (χ2n) is 10.6. The number of carbonyl (C=O) groups is 5. The van der Waals surface area contributed by atoms with Gasteiger partial charge in [-0.3, -0.25) is 34.0 Å². The molecule has 1 aromatic rings. The first-order valence-corrected chi connectivity index (χ1v) is 14.7. The number of primary amides is 2. The molecule has 5 amide bonds. The van der Waals surface area contributed by atoms with Crippen LogP contribution < -0.4 is 50.4 Å². The summed E-state index contributed by atoms with van der Waals surface area (Å²) in [7, 11) is 2.93. The van der Waals surface area contributed by atoms with Gasteiger partial charge < -0.3 is 60.4 Å². The minimum absolute atomic E-state index is 0.0195. The maximum Gasteiger partial charge on any atom is 0.245 e. The van der Waals surface area contributed by atoms with Gasteiger partial charge in [-0.25, -0.2) is 0 Å². The number of nitrogens with two attached hydrogens (primary N) is 6. The zero-order chi connectivity index (χ0) is 34.8. The van der Waals surface area contributed by atoms with Crippen molar-refractivity contribution in [3.63, 3.8) is 0 Å². The van der Waals surface area contributed by atoms with E-state index in [1.165, 1.54) is 19.2 Å². The lowest BCUT2D eigenvalue weighted by molar-refractivity contribution is -0.143. The Kier molecular flexibility index (Phi) is 16.9. The average Bonchev–Trinajstić information content (AvgIpc) is 2.98. The van der Waals surface area contributed by atoms with Crippen LogP contribution in [0.4, 0.5) is 0 Å². The zero-order valence-electron chi connectivity index (χ0n) is 26.3. The van der Waals surface area contributed by atoms with Crippen LogP contribution in [0.3, 0.4) is 0 Å². The Labute approximate surface area is 267 Å². The summed E-state index contributed by atoms with van der Waals surface area (Å²) in [6.45, 7) is 0.433. The summed E-state index contributed by atoms with van der Waals surface area (Å²) in [6.07, 6.45) is 0.778. The molecule has 1 rings (SSSR count). The molecule has 0 aliphatic rings. The fourth-order valence-electron chi connectivity index (χ4n) is 4.48. The van der Waals surface area contributed by atoms with E-state index in [1.54, 1.807) is 19.2 Å². The maximum atomic E-state index is 13.8. The molecular weight excluding hydrogens is 600 g/mol. The molecule has 1 aromatic carbocycles. The highest BCUT2D eigenvalue weighted by atomic mass is 16.3. The summed E-state index contributed by atoms with van der Waals surface area (Å²) in [5.41, 5.74) is 33.0. The zero-order valence-corrected chi connectivity index (χ0v) is 26.3. The van der Waals surface area contributed by atoms with Gasteiger partial charge in [-0.1, -0.05) is 12.1 Å². The number of hydrogen-bond acceptors (Lipinski definition) is 9. The van der Waals surface area contributed by atoms with Crippen molar-refractivity contribution >= 4 is 41.5 Å². The van der Waals surface area contributed by atoms with Crippen LogP contribution in [-0.4, -0.2) is 103 Å². The van der Waals surface area contributed by atoms with Gasteiger partial charge in [-0.05, 0) is 56.8 Å². The first-order chi connectivity index (χ1) is 21.7. The van der Waals surface area contributed by atoms with Gasteiger partial charge in [0.15, 0.2) is 11.9 Å². The number of guanidine groups is 2. The van der Waals surface area contributed by atoms with E-state index in [2.05, 4.69) is 25.9 Å². The minimum Gasteiger partial charge on any atom is -0.508 e. The van der Waals surface area contributed by atoms with E-state index in [4.69, 9.17) is 34.4 Å². The number of amides is 5. The SMILES string of the molecule is CN[C@@H](CCCN=C(N)N)C(=O)NC(CCC(N)=O)C(=O)N(C)[C@@H](CCCN=C(N)N)C(=O)NC(Cc1ccc(O)cc1)C(N)=O. The lowest BCUT2D eigenvalue weighted by Gasteiger charge is -2.32. The van der Waals surface area contributed by atoms with E-state index in [-0.39, 0.29) is 62.9 Å². The predicted molar refractivity (Wildman–Crippen MR) is 173 cm³/mol. The molecule has 0 aliphatic carbocycles. The number of phenols is 1. The Balaban J connectivity index is 3.23. The molecule has 46 heavy (non-hydrogen) atoms. The molecular formula is C28H48N12O6. The Bertz CT molecular complexity index is 1230. The molecule has 16 N–H and O–H groups in total. The number of phenolic OH excluding ortho intramolecular Hbond substituents is 1. The van der Waals surface area contributed by atoms with E-state index < -0.39 is 53.7 Å². The molecule has 0 heterocycles. The molecule has 0 saturated carbocycles. The molecule has 0 saturated heterocycles. The van der Waals surface area contributed by atoms with E-state index in [0.29, 0.717) is 18.4 Å². The van der Waals surface area contributed by atoms with Crippen LogP contribution in [0.2, 0.25) is 0 Å². The van der Waals surface area contributed by atoms with Crippen LogP contribution in [0.1, 0.15) is 44.1 Å². The first-order valence-electron chi connectivity index (χ1n) is 14.7. The number of nitrogens with one attached hydrogen (secondary N) is 3. The number of rotatable bonds is 21. The van der Waals surface area contributed by atoms with Gasteiger partial charge in [0.05, 0.1) is 6.04 Å². The number of aliphatic imine (C=N–C) groups is 2. The van der Waals surface area contributed by atoms with Crippen LogP contribution in [0, 0.1) is 0 Å². The van der Waals surface area contributed by atoms with Crippen molar-refractivity contribution in [2.24, 2.45) is 44.4 Å². The van der Waals surface area contributed by atoms with Crippen molar-refractivity contribution in [3.8, 4) is 5.75 Å². The average molecular weight is 649 g/mol. The molecule has 0 spiro atoms. The maximum absolute atomic E-state index is 13.8. The third-order valence-corrected chi connectivity index (χ3v) is 6.99. The van der Waals surface area contributed by atoms with E-state index >= 15 is 0 Å². The van der Waals surface area contributed by atoms with Crippen molar-refractivity contribution < 1.29 is 29.1 Å². The summed E-state index contributed by atoms with van der Waals surface area (Å²) in [5.74, 6) is -3.63. The van der Waals surface area contributed by atoms with Gasteiger partial charge in [-0.15, -0.1) is 0 Å². The lowest BCUT2D eigenvalue weighted by atomic mass is 10.0. The van der Waals surface area contributed by atoms with Crippen molar-refractivity contribution in [1.82, 2.24) is 20.9 Å². The van der Waals surface area contributed by atoms with Gasteiger partial charge in [0, 0.05) is 33.0 Å². The Morgan fingerprint density at radius 3 is 1.83 bits per heavy atom. The fourth-order valence-corrected chi connectivity index (χ4v) is 4.48. The van der Waals surface area contributed by atoms with Crippen LogP contribution in [0.5, 0.6) is 5.75 Å². The Hall–Kier alpha value is -5.13. The Morgan fingerprint density at radius 2 is 1.33 bits per heavy atom. The number of aromatic hydroxyl groups is 1. The number of benzene rings is 1. The number of hydrogen-bond donors (Lipinski definition) is 10. The van der Waals surface area contributed by atoms with E-state index in [9.17, 15) is 29.1 Å². The van der Waals surface area contributed by atoms with Crippen molar-refractivity contribution in [2.45, 2.75) is 69.1 Å². The van der Waals surface area contributed by atoms with Gasteiger partial charge in [0.2, 0.25) is 29.5 Å². The summed E-state index contributed by atoms with van der Waals surface area (Å²) < 4.78 is 0. The van der Waals surface area contributed by atoms with E-state index in [0.717, 1.165) is 4.90 Å². The van der Waals surface area contributed by atoms with E-state index in [1.807, 2.05) is 0 Å². The summed E-state index contributed by atoms with van der Waals surface area (Å²) >= 11 is 0. The molecule has 18 heteroatoms. The highest BCUT2D eigenvalue weighted by Gasteiger charge is 2.34. The van der Waals surface area contributed by atoms with Gasteiger partial charge in [0.1, 0.15) is 23.9 Å². The molecule has 0 fully saturated rings. The normalized spacial score (nSPS) is 13.3. The molecule has 18 nitrogen and oxygen atoms in total. The highest BCUT2D eigenvalue weighted by Crippen LogP contribution is 2.14. The van der Waals surface area contributed by atoms with Crippen LogP contribution in [0.15, 0.2) is 34.3 Å². The fraction of sp³-hybridized carbons (Fsp3) is 0.536. The number of carbonyl (C=O) groups excluding carboxylic acids is 5. The largest absolute Gasteiger partial charge is 0.508 e. The highest BCUT2D eigenvalue weighted by molar-refractivity contribution is 5.95. The summed E-state index contributed by atoms with van der Waals surface area (Å²) in [4.78, 5) is 73.4. The van der Waals surface area contributed by atoms with Crippen LogP contribution >= 0.6 is 0 Å². The minimum atomic E-state index is -1.23. The Morgan fingerprint density at radius 1 is 0.783 bits per heavy atom. The number of likely N-dealkylation sites (N-methyl/N-ethyl adjacent to an activating group) is 2. The molecule has 0 aliphatic heterocycles. The monoisotopic (exact) mass is 648 g/mol.